The molecule has 3 heterocycles. The molecule has 10 heteroatoms. The molecule has 0 radical (unpaired) electrons. The maximum Gasteiger partial charge on any atom is 0.416 e. The van der Waals surface area contributed by atoms with Gasteiger partial charge in [-0.1, -0.05) is 0 Å². The number of nitrogens with zero attached hydrogens (tertiary/aromatic N) is 4. The Balaban J connectivity index is 1.58. The van der Waals surface area contributed by atoms with Crippen molar-refractivity contribution in [2.75, 3.05) is 19.6 Å². The Bertz CT molecular complexity index is 1110. The van der Waals surface area contributed by atoms with E-state index in [0.29, 0.717) is 31.0 Å². The topological polar surface area (TPSA) is 110 Å². The first-order valence-electron chi connectivity index (χ1n) is 8.94. The number of amides is 1. The minimum Gasteiger partial charge on any atom is -0.464 e. The van der Waals surface area contributed by atoms with Gasteiger partial charge in [-0.25, -0.2) is 23.7 Å². The number of benzene rings is 1. The second kappa shape index (κ2) is 7.47. The van der Waals surface area contributed by atoms with Crippen LogP contribution >= 0.6 is 0 Å². The first-order chi connectivity index (χ1) is 13.9. The van der Waals surface area contributed by atoms with Gasteiger partial charge in [-0.3, -0.25) is 9.69 Å². The van der Waals surface area contributed by atoms with Crippen LogP contribution in [0.25, 0.3) is 10.9 Å². The predicted molar refractivity (Wildman–Crippen MR) is 100 cm³/mol. The van der Waals surface area contributed by atoms with E-state index in [9.17, 15) is 19.1 Å². The summed E-state index contributed by atoms with van der Waals surface area (Å²) in [7, 11) is 0. The van der Waals surface area contributed by atoms with Crippen molar-refractivity contribution < 1.29 is 23.8 Å². The van der Waals surface area contributed by atoms with Crippen LogP contribution in [0, 0.1) is 12.7 Å². The third-order valence-corrected chi connectivity index (χ3v) is 4.68. The van der Waals surface area contributed by atoms with Crippen LogP contribution in [0.5, 0.6) is 11.6 Å². The minimum atomic E-state index is -1.18. The van der Waals surface area contributed by atoms with Crippen molar-refractivity contribution in [2.45, 2.75) is 13.5 Å². The number of fused-ring (bicyclic) bond motifs is 1. The Kier molecular flexibility index (Phi) is 4.85. The van der Waals surface area contributed by atoms with Crippen molar-refractivity contribution >= 4 is 22.9 Å². The minimum absolute atomic E-state index is 0.0410. The first-order valence-corrected chi connectivity index (χ1v) is 8.94. The number of aryl methyl sites for hydroxylation is 1. The fraction of sp³-hybridized carbons (Fsp3) is 0.263. The summed E-state index contributed by atoms with van der Waals surface area (Å²) in [6.07, 6.45) is 0.133. The van der Waals surface area contributed by atoms with Gasteiger partial charge in [0, 0.05) is 36.8 Å². The van der Waals surface area contributed by atoms with Gasteiger partial charge in [0.15, 0.2) is 11.6 Å². The van der Waals surface area contributed by atoms with Crippen LogP contribution in [0.2, 0.25) is 0 Å². The summed E-state index contributed by atoms with van der Waals surface area (Å²) >= 11 is 0. The van der Waals surface area contributed by atoms with Gasteiger partial charge in [-0.2, -0.15) is 0 Å². The molecule has 9 nitrogen and oxygen atoms in total. The van der Waals surface area contributed by atoms with Gasteiger partial charge in [-0.15, -0.1) is 0 Å². The molecule has 2 aromatic heterocycles. The number of hydrogen-bond donors (Lipinski definition) is 2. The Labute approximate surface area is 164 Å². The molecule has 0 saturated carbocycles. The standard InChI is InChI=1S/C19H18FN5O4/c1-11-6-13-14(25(11)19(27)28)2-3-15(18(13)20)29-17-7-12(22-10-23-17)8-24-5-4-21-16(26)9-24/h2-3,6-7,10H,4-5,8-9H2,1H3,(H,21,26)(H,27,28). The fourth-order valence-electron chi connectivity index (χ4n) is 3.38. The molecule has 3 aromatic rings. The molecule has 1 saturated heterocycles. The van der Waals surface area contributed by atoms with Gasteiger partial charge in [0.2, 0.25) is 11.8 Å². The van der Waals surface area contributed by atoms with E-state index in [-0.39, 0.29) is 35.0 Å². The van der Waals surface area contributed by atoms with E-state index < -0.39 is 11.9 Å². The molecule has 1 amide bonds. The highest BCUT2D eigenvalue weighted by Crippen LogP contribution is 2.31. The predicted octanol–water partition coefficient (Wildman–Crippen LogP) is 2.13. The van der Waals surface area contributed by atoms with E-state index in [2.05, 4.69) is 15.3 Å². The lowest BCUT2D eigenvalue weighted by Gasteiger charge is -2.25. The Morgan fingerprint density at radius 3 is 2.93 bits per heavy atom. The van der Waals surface area contributed by atoms with Crippen LogP contribution in [-0.2, 0) is 11.3 Å². The van der Waals surface area contributed by atoms with Crippen molar-refractivity contribution in [3.63, 3.8) is 0 Å². The molecular weight excluding hydrogens is 381 g/mol. The largest absolute Gasteiger partial charge is 0.464 e. The number of carboxylic acid groups (broad SMARTS) is 1. The van der Waals surface area contributed by atoms with E-state index in [4.69, 9.17) is 4.74 Å². The maximum absolute atomic E-state index is 14.9. The van der Waals surface area contributed by atoms with Gasteiger partial charge in [-0.05, 0) is 25.1 Å². The number of rotatable bonds is 4. The maximum atomic E-state index is 14.9. The third kappa shape index (κ3) is 3.74. The summed E-state index contributed by atoms with van der Waals surface area (Å²) in [6, 6.07) is 5.90. The lowest BCUT2D eigenvalue weighted by Crippen LogP contribution is -2.47. The van der Waals surface area contributed by atoms with Gasteiger partial charge < -0.3 is 15.2 Å². The highest BCUT2D eigenvalue weighted by Gasteiger charge is 2.19. The zero-order valence-corrected chi connectivity index (χ0v) is 15.6. The number of aromatic nitrogens is 3. The molecule has 0 bridgehead atoms. The number of piperazine rings is 1. The average Bonchev–Trinajstić information content (AvgIpc) is 3.01. The van der Waals surface area contributed by atoms with Crippen LogP contribution in [0.1, 0.15) is 11.4 Å². The summed E-state index contributed by atoms with van der Waals surface area (Å²) in [5, 5.41) is 12.2. The van der Waals surface area contributed by atoms with Gasteiger partial charge in [0.05, 0.1) is 17.8 Å². The normalized spacial score (nSPS) is 14.8. The van der Waals surface area contributed by atoms with Crippen molar-refractivity contribution in [1.29, 1.82) is 0 Å². The Hall–Kier alpha value is -3.53. The summed E-state index contributed by atoms with van der Waals surface area (Å²) in [4.78, 5) is 33.0. The number of ether oxygens (including phenoxy) is 1. The number of carbonyl (C=O) groups excluding carboxylic acids is 1. The lowest BCUT2D eigenvalue weighted by atomic mass is 10.2. The molecule has 2 N–H and O–H groups in total. The zero-order chi connectivity index (χ0) is 20.5. The second-order valence-electron chi connectivity index (χ2n) is 6.72. The van der Waals surface area contributed by atoms with Gasteiger partial charge in [0.1, 0.15) is 6.33 Å². The number of hydrogen-bond acceptors (Lipinski definition) is 6. The Morgan fingerprint density at radius 1 is 1.34 bits per heavy atom. The van der Waals surface area contributed by atoms with Crippen molar-refractivity contribution in [3.05, 3.63) is 47.8 Å². The molecule has 1 aromatic carbocycles. The van der Waals surface area contributed by atoms with Crippen LogP contribution in [0.4, 0.5) is 9.18 Å². The van der Waals surface area contributed by atoms with E-state index in [1.807, 2.05) is 4.90 Å². The highest BCUT2D eigenvalue weighted by molar-refractivity contribution is 5.91. The molecule has 1 aliphatic heterocycles. The zero-order valence-electron chi connectivity index (χ0n) is 15.6. The Morgan fingerprint density at radius 2 is 2.17 bits per heavy atom. The molecule has 150 valence electrons. The van der Waals surface area contributed by atoms with Crippen LogP contribution in [0.3, 0.4) is 0 Å². The number of halogens is 1. The van der Waals surface area contributed by atoms with E-state index in [1.54, 1.807) is 13.0 Å². The summed E-state index contributed by atoms with van der Waals surface area (Å²) in [5.74, 6) is -0.620. The molecule has 1 aliphatic rings. The molecule has 1 fully saturated rings. The highest BCUT2D eigenvalue weighted by atomic mass is 19.1. The number of nitrogens with one attached hydrogen (secondary N) is 1. The van der Waals surface area contributed by atoms with E-state index in [1.165, 1.54) is 24.5 Å². The molecule has 0 unspecified atom stereocenters. The average molecular weight is 399 g/mol. The van der Waals surface area contributed by atoms with Crippen molar-refractivity contribution in [2.24, 2.45) is 0 Å². The van der Waals surface area contributed by atoms with E-state index >= 15 is 0 Å². The van der Waals surface area contributed by atoms with Crippen LogP contribution < -0.4 is 10.1 Å². The quantitative estimate of drug-likeness (QED) is 0.692. The van der Waals surface area contributed by atoms with Crippen LogP contribution in [0.15, 0.2) is 30.6 Å². The lowest BCUT2D eigenvalue weighted by molar-refractivity contribution is -0.124. The summed E-state index contributed by atoms with van der Waals surface area (Å²) < 4.78 is 21.5. The SMILES string of the molecule is Cc1cc2c(F)c(Oc3cc(CN4CCNC(=O)C4)ncn3)ccc2n1C(=O)O. The first kappa shape index (κ1) is 18.8. The molecule has 0 spiro atoms. The molecular formula is C19H18FN5O4. The molecule has 0 aliphatic carbocycles. The molecule has 4 rings (SSSR count). The van der Waals surface area contributed by atoms with Crippen LogP contribution in [-0.4, -0.2) is 56.2 Å². The molecule has 29 heavy (non-hydrogen) atoms. The second-order valence-corrected chi connectivity index (χ2v) is 6.72. The molecule has 0 atom stereocenters. The third-order valence-electron chi connectivity index (χ3n) is 4.68. The van der Waals surface area contributed by atoms with Crippen molar-refractivity contribution in [1.82, 2.24) is 24.8 Å². The van der Waals surface area contributed by atoms with E-state index in [0.717, 1.165) is 4.57 Å². The van der Waals surface area contributed by atoms with Gasteiger partial charge >= 0.3 is 6.09 Å². The van der Waals surface area contributed by atoms with Crippen molar-refractivity contribution in [3.8, 4) is 11.6 Å². The summed E-state index contributed by atoms with van der Waals surface area (Å²) in [5.41, 5.74) is 1.28. The number of carbonyl (C=O) groups is 2. The fourth-order valence-corrected chi connectivity index (χ4v) is 3.38. The monoisotopic (exact) mass is 399 g/mol. The van der Waals surface area contributed by atoms with Gasteiger partial charge in [0.25, 0.3) is 0 Å². The summed E-state index contributed by atoms with van der Waals surface area (Å²) in [6.45, 7) is 3.59. The smallest absolute Gasteiger partial charge is 0.416 e.